The van der Waals surface area contributed by atoms with E-state index in [1.165, 1.54) is 161 Å². The normalized spacial score (nSPS) is 13.7. The molecule has 0 fully saturated rings. The number of unbranched alkanes of at least 4 members (excludes halogenated alkanes) is 27. The Morgan fingerprint density at radius 3 is 1.34 bits per heavy atom. The molecule has 0 aromatic rings. The first-order valence-electron chi connectivity index (χ1n) is 25.7. The van der Waals surface area contributed by atoms with Crippen LogP contribution in [0.15, 0.2) is 36.5 Å². The molecule has 0 amide bonds. The van der Waals surface area contributed by atoms with Crippen LogP contribution in [0, 0.1) is 0 Å². The second-order valence-electron chi connectivity index (χ2n) is 18.5. The average molecular weight is 896 g/mol. The highest BCUT2D eigenvalue weighted by molar-refractivity contribution is 7.45. The van der Waals surface area contributed by atoms with Gasteiger partial charge in [-0.05, 0) is 64.2 Å². The third kappa shape index (κ3) is 47.7. The summed E-state index contributed by atoms with van der Waals surface area (Å²) in [5.41, 5.74) is 0. The molecule has 0 saturated heterocycles. The van der Waals surface area contributed by atoms with Gasteiger partial charge in [0.05, 0.1) is 27.7 Å². The molecule has 0 aliphatic carbocycles. The van der Waals surface area contributed by atoms with Crippen LogP contribution in [0.1, 0.15) is 232 Å². The highest BCUT2D eigenvalue weighted by Crippen LogP contribution is 2.38. The Kier molecular flexibility index (Phi) is 43.2. The molecule has 2 atom stereocenters. The van der Waals surface area contributed by atoms with Crippen LogP contribution in [0.3, 0.4) is 0 Å². The summed E-state index contributed by atoms with van der Waals surface area (Å²) >= 11 is 0. The van der Waals surface area contributed by atoms with Crippen molar-refractivity contribution in [1.29, 1.82) is 0 Å². The quantitative estimate of drug-likeness (QED) is 0.0195. The summed E-state index contributed by atoms with van der Waals surface area (Å²) in [5.74, 6) is -0.881. The molecule has 0 bridgehead atoms. The molecule has 0 saturated carbocycles. The molecular weight excluding hydrogens is 798 g/mol. The number of esters is 2. The maximum Gasteiger partial charge on any atom is 0.306 e. The number of rotatable bonds is 47. The minimum atomic E-state index is -4.64. The van der Waals surface area contributed by atoms with Gasteiger partial charge in [-0.25, -0.2) is 0 Å². The van der Waals surface area contributed by atoms with Crippen molar-refractivity contribution in [3.8, 4) is 0 Å². The fraction of sp³-hybridized carbons (Fsp3) is 0.846. The van der Waals surface area contributed by atoms with E-state index in [2.05, 4.69) is 50.3 Å². The van der Waals surface area contributed by atoms with E-state index in [1.54, 1.807) is 0 Å². The number of ether oxygens (including phenoxy) is 2. The number of phosphoric ester groups is 1. The number of phosphoric acid groups is 1. The summed E-state index contributed by atoms with van der Waals surface area (Å²) in [6.45, 7) is 4.20. The van der Waals surface area contributed by atoms with E-state index in [4.69, 9.17) is 18.5 Å². The molecule has 1 unspecified atom stereocenters. The lowest BCUT2D eigenvalue weighted by molar-refractivity contribution is -0.870. The molecule has 0 heterocycles. The highest BCUT2D eigenvalue weighted by atomic mass is 31.2. The standard InChI is InChI=1S/C52H98NO8P/c1-6-8-10-12-14-16-18-20-22-24-25-26-27-29-30-32-34-36-38-40-42-44-51(54)58-48-50(49-60-62(56,57)59-47-46-53(3,4)5)61-52(55)45-43-41-39-37-35-33-31-28-23-21-19-17-15-13-11-9-7-2/h20,22,31,33,37,39,50H,6-19,21,23-30,32,34-36,38,40-49H2,1-5H3/b22-20+,33-31+,39-37+/t50-/m1/s1. The smallest absolute Gasteiger partial charge is 0.306 e. The maximum atomic E-state index is 12.7. The largest absolute Gasteiger partial charge is 0.756 e. The van der Waals surface area contributed by atoms with Crippen LogP contribution in [-0.2, 0) is 32.7 Å². The van der Waals surface area contributed by atoms with E-state index in [0.717, 1.165) is 38.5 Å². The van der Waals surface area contributed by atoms with Gasteiger partial charge in [-0.1, -0.05) is 192 Å². The Morgan fingerprint density at radius 2 is 0.887 bits per heavy atom. The van der Waals surface area contributed by atoms with Crippen LogP contribution in [0.5, 0.6) is 0 Å². The van der Waals surface area contributed by atoms with E-state index >= 15 is 0 Å². The molecule has 0 radical (unpaired) electrons. The first-order valence-corrected chi connectivity index (χ1v) is 27.2. The van der Waals surface area contributed by atoms with Gasteiger partial charge in [0.2, 0.25) is 0 Å². The third-order valence-electron chi connectivity index (χ3n) is 11.1. The summed E-state index contributed by atoms with van der Waals surface area (Å²) in [7, 11) is 1.15. The minimum Gasteiger partial charge on any atom is -0.756 e. The van der Waals surface area contributed by atoms with Crippen molar-refractivity contribution in [2.24, 2.45) is 0 Å². The molecule has 364 valence electrons. The van der Waals surface area contributed by atoms with Gasteiger partial charge in [0.1, 0.15) is 19.8 Å². The molecule has 0 N–H and O–H groups in total. The van der Waals surface area contributed by atoms with E-state index in [9.17, 15) is 19.0 Å². The first kappa shape index (κ1) is 60.2. The summed E-state index contributed by atoms with van der Waals surface area (Å²) < 4.78 is 34.0. The van der Waals surface area contributed by atoms with Crippen molar-refractivity contribution in [2.75, 3.05) is 47.5 Å². The van der Waals surface area contributed by atoms with Gasteiger partial charge in [-0.15, -0.1) is 0 Å². The zero-order valence-corrected chi connectivity index (χ0v) is 42.0. The van der Waals surface area contributed by atoms with Crippen molar-refractivity contribution < 1.29 is 42.1 Å². The van der Waals surface area contributed by atoms with Crippen molar-refractivity contribution in [3.05, 3.63) is 36.5 Å². The lowest BCUT2D eigenvalue weighted by Crippen LogP contribution is -2.37. The number of carbonyl (C=O) groups excluding carboxylic acids is 2. The number of hydrogen-bond donors (Lipinski definition) is 0. The van der Waals surface area contributed by atoms with E-state index < -0.39 is 32.5 Å². The van der Waals surface area contributed by atoms with Crippen LogP contribution in [0.2, 0.25) is 0 Å². The van der Waals surface area contributed by atoms with Crippen molar-refractivity contribution in [3.63, 3.8) is 0 Å². The number of carbonyl (C=O) groups is 2. The molecule has 0 aliphatic heterocycles. The summed E-state index contributed by atoms with van der Waals surface area (Å²) in [4.78, 5) is 37.7. The average Bonchev–Trinajstić information content (AvgIpc) is 3.23. The van der Waals surface area contributed by atoms with Crippen LogP contribution < -0.4 is 4.89 Å². The van der Waals surface area contributed by atoms with Gasteiger partial charge in [0.15, 0.2) is 6.10 Å². The third-order valence-corrected chi connectivity index (χ3v) is 12.1. The summed E-state index contributed by atoms with van der Waals surface area (Å²) in [6.07, 6.45) is 51.9. The van der Waals surface area contributed by atoms with E-state index in [-0.39, 0.29) is 26.1 Å². The van der Waals surface area contributed by atoms with Crippen LogP contribution in [-0.4, -0.2) is 70.0 Å². The number of likely N-dealkylation sites (N-methyl/N-ethyl adjacent to an activating group) is 1. The van der Waals surface area contributed by atoms with Gasteiger partial charge in [0, 0.05) is 12.8 Å². The van der Waals surface area contributed by atoms with Gasteiger partial charge in [0.25, 0.3) is 7.82 Å². The molecule has 0 aromatic heterocycles. The van der Waals surface area contributed by atoms with E-state index in [0.29, 0.717) is 17.4 Å². The Bertz CT molecular complexity index is 1150. The number of nitrogens with zero attached hydrogens (tertiary/aromatic N) is 1. The van der Waals surface area contributed by atoms with Crippen LogP contribution >= 0.6 is 7.82 Å². The molecule has 0 aliphatic rings. The van der Waals surface area contributed by atoms with Crippen LogP contribution in [0.25, 0.3) is 0 Å². The molecular formula is C52H98NO8P. The lowest BCUT2D eigenvalue weighted by atomic mass is 10.0. The molecule has 0 aromatic carbocycles. The van der Waals surface area contributed by atoms with Gasteiger partial charge < -0.3 is 27.9 Å². The Morgan fingerprint density at radius 1 is 0.500 bits per heavy atom. The second kappa shape index (κ2) is 44.4. The van der Waals surface area contributed by atoms with Gasteiger partial charge >= 0.3 is 11.9 Å². The highest BCUT2D eigenvalue weighted by Gasteiger charge is 2.21. The number of hydrogen-bond acceptors (Lipinski definition) is 8. The topological polar surface area (TPSA) is 111 Å². The lowest BCUT2D eigenvalue weighted by Gasteiger charge is -2.28. The van der Waals surface area contributed by atoms with Gasteiger partial charge in [-0.2, -0.15) is 0 Å². The fourth-order valence-corrected chi connectivity index (χ4v) is 7.83. The van der Waals surface area contributed by atoms with Crippen molar-refractivity contribution in [1.82, 2.24) is 0 Å². The first-order chi connectivity index (χ1) is 30.0. The zero-order valence-electron chi connectivity index (χ0n) is 41.1. The molecule has 0 spiro atoms. The monoisotopic (exact) mass is 896 g/mol. The zero-order chi connectivity index (χ0) is 45.7. The van der Waals surface area contributed by atoms with Crippen LogP contribution in [0.4, 0.5) is 0 Å². The predicted octanol–water partition coefficient (Wildman–Crippen LogP) is 14.6. The molecule has 10 heteroatoms. The fourth-order valence-electron chi connectivity index (χ4n) is 7.10. The molecule has 9 nitrogen and oxygen atoms in total. The summed E-state index contributed by atoms with van der Waals surface area (Å²) in [5, 5.41) is 0. The Hall–Kier alpha value is -1.77. The molecule has 62 heavy (non-hydrogen) atoms. The predicted molar refractivity (Wildman–Crippen MR) is 259 cm³/mol. The van der Waals surface area contributed by atoms with Crippen molar-refractivity contribution >= 4 is 19.8 Å². The second-order valence-corrected chi connectivity index (χ2v) is 19.9. The van der Waals surface area contributed by atoms with Crippen molar-refractivity contribution in [2.45, 2.75) is 238 Å². The van der Waals surface area contributed by atoms with E-state index in [1.807, 2.05) is 21.1 Å². The minimum absolute atomic E-state index is 0.0377. The SMILES string of the molecule is CCCCCCCC/C=C/CCCCCCCCCCCCCC(=O)OC[C@H](COP(=O)([O-])OCC[N+](C)(C)C)OC(=O)CCC/C=C/C/C=C/CCCCCCCCCCC. The molecule has 0 rings (SSSR count). The van der Waals surface area contributed by atoms with Gasteiger partial charge in [-0.3, -0.25) is 14.2 Å². The number of quaternary nitrogens is 1. The Labute approximate surface area is 382 Å². The maximum absolute atomic E-state index is 12.7. The Balaban J connectivity index is 4.28. The summed E-state index contributed by atoms with van der Waals surface area (Å²) in [6, 6.07) is 0. The number of allylic oxidation sites excluding steroid dienone is 6.